The molecule has 2 heterocycles. The van der Waals surface area contributed by atoms with Crippen molar-refractivity contribution in [2.75, 3.05) is 39.2 Å². The minimum absolute atomic E-state index is 0.0276. The Morgan fingerprint density at radius 1 is 1.22 bits per heavy atom. The predicted molar refractivity (Wildman–Crippen MR) is 137 cm³/mol. The summed E-state index contributed by atoms with van der Waals surface area (Å²) in [6.45, 7) is 6.71. The highest BCUT2D eigenvalue weighted by Crippen LogP contribution is 2.26. The second-order valence-corrected chi connectivity index (χ2v) is 9.29. The average Bonchev–Trinajstić information content (AvgIpc) is 2.88. The molecule has 0 unspecified atom stereocenters. The largest absolute Gasteiger partial charge is 0.491 e. The average molecular weight is 497 g/mol. The van der Waals surface area contributed by atoms with Crippen LogP contribution < -0.4 is 10.1 Å². The van der Waals surface area contributed by atoms with E-state index in [-0.39, 0.29) is 48.8 Å². The van der Waals surface area contributed by atoms with Crippen LogP contribution in [0.15, 0.2) is 42.7 Å². The van der Waals surface area contributed by atoms with E-state index in [1.54, 1.807) is 56.6 Å². The van der Waals surface area contributed by atoms with Crippen molar-refractivity contribution in [3.05, 3.63) is 53.9 Å². The van der Waals surface area contributed by atoms with E-state index in [2.05, 4.69) is 10.3 Å². The highest BCUT2D eigenvalue weighted by molar-refractivity contribution is 5.99. The fraction of sp³-hybridized carbons (Fsp3) is 0.481. The van der Waals surface area contributed by atoms with Crippen molar-refractivity contribution >= 4 is 23.4 Å². The number of nitrogens with zero attached hydrogens (tertiary/aromatic N) is 3. The number of rotatable bonds is 5. The Labute approximate surface area is 212 Å². The van der Waals surface area contributed by atoms with Gasteiger partial charge in [-0.2, -0.15) is 0 Å². The van der Waals surface area contributed by atoms with Crippen LogP contribution in [0.5, 0.6) is 5.75 Å². The Balaban J connectivity index is 1.93. The molecule has 9 heteroatoms. The molecule has 0 saturated carbocycles. The molecule has 36 heavy (non-hydrogen) atoms. The van der Waals surface area contributed by atoms with Crippen molar-refractivity contribution in [1.82, 2.24) is 14.8 Å². The smallest absolute Gasteiger partial charge is 0.257 e. The van der Waals surface area contributed by atoms with Gasteiger partial charge in [-0.05, 0) is 36.8 Å². The van der Waals surface area contributed by atoms with Crippen LogP contribution in [0.4, 0.5) is 5.69 Å². The number of anilines is 1. The Bertz CT molecular complexity index is 1060. The van der Waals surface area contributed by atoms with Crippen molar-refractivity contribution < 1.29 is 23.9 Å². The van der Waals surface area contributed by atoms with E-state index < -0.39 is 0 Å². The molecule has 1 aromatic carbocycles. The number of methoxy groups -OCH3 is 1. The molecule has 0 saturated heterocycles. The number of ether oxygens (including phenoxy) is 2. The second-order valence-electron chi connectivity index (χ2n) is 9.29. The van der Waals surface area contributed by atoms with Gasteiger partial charge in [-0.25, -0.2) is 0 Å². The zero-order chi connectivity index (χ0) is 26.2. The molecular formula is C27H36N4O5. The van der Waals surface area contributed by atoms with Gasteiger partial charge in [-0.15, -0.1) is 0 Å². The van der Waals surface area contributed by atoms with Crippen LogP contribution in [0.1, 0.15) is 43.1 Å². The van der Waals surface area contributed by atoms with Gasteiger partial charge in [0.05, 0.1) is 24.1 Å². The van der Waals surface area contributed by atoms with E-state index >= 15 is 0 Å². The van der Waals surface area contributed by atoms with E-state index in [9.17, 15) is 14.4 Å². The molecule has 0 bridgehead atoms. The number of pyridine rings is 1. The molecule has 0 aliphatic carbocycles. The van der Waals surface area contributed by atoms with Gasteiger partial charge in [-0.3, -0.25) is 19.4 Å². The Morgan fingerprint density at radius 3 is 2.67 bits per heavy atom. The minimum Gasteiger partial charge on any atom is -0.491 e. The van der Waals surface area contributed by atoms with Gasteiger partial charge in [0, 0.05) is 57.7 Å². The van der Waals surface area contributed by atoms with Crippen molar-refractivity contribution in [2.24, 2.45) is 5.92 Å². The van der Waals surface area contributed by atoms with E-state index in [4.69, 9.17) is 9.47 Å². The monoisotopic (exact) mass is 496 g/mol. The lowest BCUT2D eigenvalue weighted by molar-refractivity contribution is -0.134. The molecule has 1 aromatic heterocycles. The number of hydrogen-bond donors (Lipinski definition) is 1. The summed E-state index contributed by atoms with van der Waals surface area (Å²) in [5.74, 6) is -0.0470. The van der Waals surface area contributed by atoms with Crippen LogP contribution in [0, 0.1) is 5.92 Å². The molecule has 1 N–H and O–H groups in total. The fourth-order valence-electron chi connectivity index (χ4n) is 4.23. The lowest BCUT2D eigenvalue weighted by Crippen LogP contribution is -2.49. The maximum Gasteiger partial charge on any atom is 0.257 e. The van der Waals surface area contributed by atoms with Crippen molar-refractivity contribution in [3.8, 4) is 5.75 Å². The second kappa shape index (κ2) is 12.5. The van der Waals surface area contributed by atoms with Gasteiger partial charge < -0.3 is 24.6 Å². The molecule has 1 aliphatic rings. The molecule has 0 radical (unpaired) electrons. The van der Waals surface area contributed by atoms with Crippen molar-refractivity contribution in [1.29, 1.82) is 0 Å². The van der Waals surface area contributed by atoms with E-state index in [0.717, 1.165) is 5.56 Å². The van der Waals surface area contributed by atoms with Crippen LogP contribution in [0.3, 0.4) is 0 Å². The standard InChI is InChI=1S/C27H36N4O5/c1-6-25(32)29-21-9-10-23-22(13-21)27(34)30(4)16-24(35-5)18(2)15-31(19(3)17-36-23)26(33)12-20-8-7-11-28-14-20/h7-11,13-14,18-19,24H,6,12,15-17H2,1-5H3,(H,29,32)/t18-,19-,24-/m1/s1. The quantitative estimate of drug-likeness (QED) is 0.683. The summed E-state index contributed by atoms with van der Waals surface area (Å²) in [7, 11) is 3.33. The summed E-state index contributed by atoms with van der Waals surface area (Å²) in [4.78, 5) is 46.2. The summed E-state index contributed by atoms with van der Waals surface area (Å²) < 4.78 is 11.9. The lowest BCUT2D eigenvalue weighted by atomic mass is 10.0. The van der Waals surface area contributed by atoms with Crippen molar-refractivity contribution in [3.63, 3.8) is 0 Å². The number of carbonyl (C=O) groups is 3. The number of benzene rings is 1. The summed E-state index contributed by atoms with van der Waals surface area (Å²) in [5, 5.41) is 2.80. The van der Waals surface area contributed by atoms with Gasteiger partial charge in [-0.1, -0.05) is 19.9 Å². The number of hydrogen-bond acceptors (Lipinski definition) is 6. The normalized spacial score (nSPS) is 21.0. The van der Waals surface area contributed by atoms with Gasteiger partial charge in [0.25, 0.3) is 5.91 Å². The first-order valence-electron chi connectivity index (χ1n) is 12.3. The van der Waals surface area contributed by atoms with Gasteiger partial charge in [0.15, 0.2) is 0 Å². The SMILES string of the molecule is CCC(=O)Nc1ccc2c(c1)C(=O)N(C)C[C@@H](OC)[C@H](C)CN(C(=O)Cc1cccnc1)[C@H](C)CO2. The predicted octanol–water partition coefficient (Wildman–Crippen LogP) is 3.01. The van der Waals surface area contributed by atoms with Gasteiger partial charge in [0.1, 0.15) is 12.4 Å². The van der Waals surface area contributed by atoms with Gasteiger partial charge in [0.2, 0.25) is 11.8 Å². The molecule has 0 fully saturated rings. The third-order valence-electron chi connectivity index (χ3n) is 6.45. The molecule has 1 aliphatic heterocycles. The summed E-state index contributed by atoms with van der Waals surface area (Å²) >= 11 is 0. The fourth-order valence-corrected chi connectivity index (χ4v) is 4.23. The summed E-state index contributed by atoms with van der Waals surface area (Å²) in [6, 6.07) is 8.47. The number of aromatic nitrogens is 1. The third kappa shape index (κ3) is 6.81. The number of fused-ring (bicyclic) bond motifs is 1. The minimum atomic E-state index is -0.286. The van der Waals surface area contributed by atoms with Crippen LogP contribution >= 0.6 is 0 Å². The first-order chi connectivity index (χ1) is 17.2. The number of carbonyl (C=O) groups excluding carboxylic acids is 3. The van der Waals surface area contributed by atoms with Crippen LogP contribution in [-0.2, 0) is 20.7 Å². The molecule has 3 rings (SSSR count). The number of amides is 3. The molecule has 9 nitrogen and oxygen atoms in total. The Morgan fingerprint density at radius 2 is 2.00 bits per heavy atom. The maximum absolute atomic E-state index is 13.4. The molecule has 3 atom stereocenters. The highest BCUT2D eigenvalue weighted by Gasteiger charge is 2.30. The highest BCUT2D eigenvalue weighted by atomic mass is 16.5. The van der Waals surface area contributed by atoms with E-state index in [0.29, 0.717) is 36.5 Å². The van der Waals surface area contributed by atoms with Crippen molar-refractivity contribution in [2.45, 2.75) is 45.8 Å². The van der Waals surface area contributed by atoms with E-state index in [1.807, 2.05) is 30.9 Å². The summed E-state index contributed by atoms with van der Waals surface area (Å²) in [5.41, 5.74) is 1.71. The van der Waals surface area contributed by atoms with Gasteiger partial charge >= 0.3 is 0 Å². The topological polar surface area (TPSA) is 101 Å². The first-order valence-corrected chi connectivity index (χ1v) is 12.3. The molecule has 3 amide bonds. The zero-order valence-corrected chi connectivity index (χ0v) is 21.7. The third-order valence-corrected chi connectivity index (χ3v) is 6.45. The van der Waals surface area contributed by atoms with Crippen LogP contribution in [-0.4, -0.2) is 78.5 Å². The van der Waals surface area contributed by atoms with E-state index in [1.165, 1.54) is 0 Å². The van der Waals surface area contributed by atoms with Crippen LogP contribution in [0.2, 0.25) is 0 Å². The van der Waals surface area contributed by atoms with Crippen LogP contribution in [0.25, 0.3) is 0 Å². The Hall–Kier alpha value is -3.46. The molecule has 194 valence electrons. The maximum atomic E-state index is 13.4. The first kappa shape index (κ1) is 27.1. The summed E-state index contributed by atoms with van der Waals surface area (Å²) in [6.07, 6.45) is 3.66. The number of likely N-dealkylation sites (N-methyl/N-ethyl adjacent to an activating group) is 1. The molecule has 2 aromatic rings. The molecular weight excluding hydrogens is 460 g/mol. The Kier molecular flexibility index (Phi) is 9.41. The lowest BCUT2D eigenvalue weighted by Gasteiger charge is -2.36. The zero-order valence-electron chi connectivity index (χ0n) is 21.7. The molecule has 0 spiro atoms. The number of nitrogens with one attached hydrogen (secondary N) is 1.